The molecule has 0 fully saturated rings. The molecule has 2 atom stereocenters. The molecule has 0 heterocycles. The molecule has 0 bridgehead atoms. The summed E-state index contributed by atoms with van der Waals surface area (Å²) in [5, 5.41) is 9.01. The molecule has 132 valence electrons. The van der Waals surface area contributed by atoms with Crippen molar-refractivity contribution >= 4 is 48.4 Å². The number of hydrogen-bond acceptors (Lipinski definition) is 7. The monoisotopic (exact) mass is 406 g/mol. The standard InChI is InChI=1S/C5H11NO12S4/c1-6(2,4(21(13,14)15)22(16,17)18)5(3(7)8,19(9)10)20(11)12/h4H,1-2H3,(H4-,7,8,9,10,11,12,13,14,15,16,17,18)/p+1. The summed E-state index contributed by atoms with van der Waals surface area (Å²) in [4.78, 5) is 11.2. The Hall–Kier alpha value is -0.530. The summed E-state index contributed by atoms with van der Waals surface area (Å²) < 4.78 is 93.8. The summed E-state index contributed by atoms with van der Waals surface area (Å²) in [6.45, 7) is 0. The molecule has 0 saturated carbocycles. The van der Waals surface area contributed by atoms with E-state index in [0.29, 0.717) is 14.1 Å². The van der Waals surface area contributed by atoms with Crippen LogP contribution in [0.5, 0.6) is 0 Å². The highest BCUT2D eigenvalue weighted by atomic mass is 32.3. The van der Waals surface area contributed by atoms with Gasteiger partial charge in [-0.15, -0.1) is 0 Å². The molecule has 0 aliphatic rings. The molecule has 2 unspecified atom stereocenters. The molecule has 22 heavy (non-hydrogen) atoms. The summed E-state index contributed by atoms with van der Waals surface area (Å²) in [5.74, 6) is -2.53. The van der Waals surface area contributed by atoms with Gasteiger partial charge in [0.15, 0.2) is 0 Å². The molecule has 0 radical (unpaired) electrons. The van der Waals surface area contributed by atoms with E-state index in [1.165, 1.54) is 0 Å². The number of carboxylic acids is 1. The molecular weight excluding hydrogens is 394 g/mol. The summed E-state index contributed by atoms with van der Waals surface area (Å²) >= 11 is -7.62. The first-order valence-corrected chi connectivity index (χ1v) is 9.88. The van der Waals surface area contributed by atoms with Crippen molar-refractivity contribution in [3.8, 4) is 0 Å². The third-order valence-electron chi connectivity index (χ3n) is 2.54. The van der Waals surface area contributed by atoms with Gasteiger partial charge in [-0.1, -0.05) is 0 Å². The smallest absolute Gasteiger partial charge is 0.398 e. The van der Waals surface area contributed by atoms with Gasteiger partial charge in [0.05, 0.1) is 14.1 Å². The first-order valence-electron chi connectivity index (χ1n) is 4.66. The first-order chi connectivity index (χ1) is 9.45. The zero-order valence-corrected chi connectivity index (χ0v) is 14.0. The largest absolute Gasteiger partial charge is 0.475 e. The molecule has 5 N–H and O–H groups in total. The van der Waals surface area contributed by atoms with Gasteiger partial charge in [-0.05, 0) is 0 Å². The molecular formula is C5H12NO12S4+. The van der Waals surface area contributed by atoms with Gasteiger partial charge in [-0.25, -0.2) is 13.2 Å². The fraction of sp³-hybridized carbons (Fsp3) is 0.800. The van der Waals surface area contributed by atoms with Gasteiger partial charge in [-0.3, -0.25) is 22.7 Å². The van der Waals surface area contributed by atoms with Gasteiger partial charge in [0, 0.05) is 0 Å². The highest BCUT2D eigenvalue weighted by Crippen LogP contribution is 2.34. The van der Waals surface area contributed by atoms with Gasteiger partial charge in [-0.2, -0.15) is 16.8 Å². The van der Waals surface area contributed by atoms with E-state index >= 15 is 0 Å². The fourth-order valence-corrected chi connectivity index (χ4v) is 6.76. The Balaban J connectivity index is 7.04. The molecule has 0 aromatic carbocycles. The van der Waals surface area contributed by atoms with Crippen LogP contribution < -0.4 is 0 Å². The number of hydrogen-bond donors (Lipinski definition) is 5. The number of likely N-dealkylation sites (N-methyl/N-ethyl adjacent to an activating group) is 1. The van der Waals surface area contributed by atoms with Crippen molar-refractivity contribution in [2.45, 2.75) is 8.91 Å². The Morgan fingerprint density at radius 2 is 1.27 bits per heavy atom. The van der Waals surface area contributed by atoms with E-state index in [2.05, 4.69) is 0 Å². The van der Waals surface area contributed by atoms with Crippen LogP contribution in [0.15, 0.2) is 0 Å². The normalized spacial score (nSPS) is 19.4. The molecule has 13 nitrogen and oxygen atoms in total. The third-order valence-corrected chi connectivity index (χ3v) is 9.16. The second-order valence-corrected chi connectivity index (χ2v) is 9.95. The number of aliphatic carboxylic acids is 1. The number of rotatable bonds is 7. The molecule has 0 aromatic rings. The lowest BCUT2D eigenvalue weighted by Gasteiger charge is -2.42. The number of nitrogens with zero attached hydrogens (tertiary/aromatic N) is 1. The van der Waals surface area contributed by atoms with Crippen molar-refractivity contribution in [1.82, 2.24) is 0 Å². The maximum absolute atomic E-state index is 11.3. The van der Waals surface area contributed by atoms with Crippen LogP contribution in [0.4, 0.5) is 0 Å². The number of carboxylic acid groups (broad SMARTS) is 1. The topological polar surface area (TPSA) is 221 Å². The fourth-order valence-electron chi connectivity index (χ4n) is 1.82. The lowest BCUT2D eigenvalue weighted by atomic mass is 10.5. The van der Waals surface area contributed by atoms with E-state index in [1.807, 2.05) is 0 Å². The van der Waals surface area contributed by atoms with Crippen LogP contribution in [0.1, 0.15) is 0 Å². The summed E-state index contributed by atoms with van der Waals surface area (Å²) in [6.07, 6.45) is 0. The Kier molecular flexibility index (Phi) is 6.02. The molecule has 0 aromatic heterocycles. The summed E-state index contributed by atoms with van der Waals surface area (Å²) in [7, 11) is -10.9. The van der Waals surface area contributed by atoms with Crippen LogP contribution in [0.3, 0.4) is 0 Å². The van der Waals surface area contributed by atoms with E-state index in [1.54, 1.807) is 0 Å². The number of quaternary nitrogens is 1. The maximum atomic E-state index is 11.3. The quantitative estimate of drug-likeness (QED) is 0.166. The van der Waals surface area contributed by atoms with Gasteiger partial charge in [0.25, 0.3) is 0 Å². The second-order valence-electron chi connectivity index (χ2n) is 4.26. The van der Waals surface area contributed by atoms with E-state index in [0.717, 1.165) is 0 Å². The number of carbonyl (C=O) groups is 1. The van der Waals surface area contributed by atoms with Crippen LogP contribution >= 0.6 is 0 Å². The maximum Gasteiger partial charge on any atom is 0.398 e. The first kappa shape index (κ1) is 21.5. The van der Waals surface area contributed by atoms with E-state index in [9.17, 15) is 30.0 Å². The Bertz CT molecular complexity index is 651. The second kappa shape index (κ2) is 6.17. The lowest BCUT2D eigenvalue weighted by molar-refractivity contribution is -0.901. The predicted octanol–water partition coefficient (Wildman–Crippen LogP) is -2.70. The molecule has 0 aliphatic heterocycles. The lowest BCUT2D eigenvalue weighted by Crippen LogP contribution is -2.74. The molecule has 0 aliphatic carbocycles. The molecule has 0 spiro atoms. The van der Waals surface area contributed by atoms with Crippen molar-refractivity contribution in [2.24, 2.45) is 0 Å². The zero-order chi connectivity index (χ0) is 18.3. The summed E-state index contributed by atoms with van der Waals surface area (Å²) in [5.41, 5.74) is 0. The molecule has 0 rings (SSSR count). The van der Waals surface area contributed by atoms with Crippen LogP contribution in [0.25, 0.3) is 0 Å². The van der Waals surface area contributed by atoms with Crippen molar-refractivity contribution in [2.75, 3.05) is 14.1 Å². The Morgan fingerprint density at radius 1 is 1.00 bits per heavy atom. The molecule has 17 heteroatoms. The van der Waals surface area contributed by atoms with Gasteiger partial charge < -0.3 is 5.11 Å². The minimum Gasteiger partial charge on any atom is -0.475 e. The van der Waals surface area contributed by atoms with Crippen LogP contribution in [-0.2, 0) is 47.2 Å². The molecule has 0 saturated heterocycles. The average molecular weight is 406 g/mol. The Morgan fingerprint density at radius 3 is 1.41 bits per heavy atom. The average Bonchev–Trinajstić information content (AvgIpc) is 2.07. The van der Waals surface area contributed by atoms with Crippen molar-refractivity contribution in [3.05, 3.63) is 0 Å². The van der Waals surface area contributed by atoms with E-state index in [-0.39, 0.29) is 0 Å². The summed E-state index contributed by atoms with van der Waals surface area (Å²) in [6, 6.07) is 0. The third kappa shape index (κ3) is 3.36. The van der Waals surface area contributed by atoms with Crippen molar-refractivity contribution in [1.29, 1.82) is 0 Å². The SMILES string of the molecule is C[N+](C)(C(S(=O)(=O)O)S(=O)(=O)O)C(C(=O)O)(S(=O)O)S(=O)O. The van der Waals surface area contributed by atoms with Crippen molar-refractivity contribution < 1.29 is 57.8 Å². The predicted molar refractivity (Wildman–Crippen MR) is 70.9 cm³/mol. The highest BCUT2D eigenvalue weighted by molar-refractivity contribution is 8.04. The zero-order valence-electron chi connectivity index (χ0n) is 10.8. The highest BCUT2D eigenvalue weighted by Gasteiger charge is 2.72. The minimum absolute atomic E-state index is 0.336. The van der Waals surface area contributed by atoms with Crippen LogP contribution in [0, 0.1) is 0 Å². The van der Waals surface area contributed by atoms with Crippen LogP contribution in [0.2, 0.25) is 0 Å². The van der Waals surface area contributed by atoms with E-state index < -0.39 is 61.8 Å². The van der Waals surface area contributed by atoms with E-state index in [4.69, 9.17) is 23.3 Å². The van der Waals surface area contributed by atoms with Gasteiger partial charge in [0.1, 0.15) is 0 Å². The minimum atomic E-state index is -5.78. The van der Waals surface area contributed by atoms with Crippen molar-refractivity contribution in [3.63, 3.8) is 0 Å². The molecule has 0 amide bonds. The Labute approximate surface area is 129 Å². The van der Waals surface area contributed by atoms with Crippen LogP contribution in [-0.4, -0.2) is 82.0 Å². The van der Waals surface area contributed by atoms with Gasteiger partial charge >= 0.3 is 35.1 Å². The van der Waals surface area contributed by atoms with Gasteiger partial charge in [0.2, 0.25) is 22.2 Å².